The van der Waals surface area contributed by atoms with Gasteiger partial charge in [-0.05, 0) is 54.1 Å². The molecule has 2 saturated carbocycles. The molecule has 2 fully saturated rings. The molecule has 2 aliphatic rings. The van der Waals surface area contributed by atoms with Crippen molar-refractivity contribution in [2.24, 2.45) is 0 Å². The summed E-state index contributed by atoms with van der Waals surface area (Å²) in [5, 5.41) is 13.8. The molecule has 116 valence electrons. The summed E-state index contributed by atoms with van der Waals surface area (Å²) in [4.78, 5) is 0. The molecule has 0 saturated heterocycles. The molecule has 0 radical (unpaired) electrons. The van der Waals surface area contributed by atoms with Crippen LogP contribution in [0.25, 0.3) is 0 Å². The van der Waals surface area contributed by atoms with Crippen molar-refractivity contribution in [2.75, 3.05) is 0 Å². The summed E-state index contributed by atoms with van der Waals surface area (Å²) in [5.41, 5.74) is 1.17. The van der Waals surface area contributed by atoms with Gasteiger partial charge in [-0.15, -0.1) is 0 Å². The topological polar surface area (TPSA) is 41.5 Å². The summed E-state index contributed by atoms with van der Waals surface area (Å²) in [6.07, 6.45) is 7.38. The molecule has 0 aliphatic heterocycles. The van der Waals surface area contributed by atoms with Gasteiger partial charge < -0.3 is 15.2 Å². The Kier molecular flexibility index (Phi) is 5.19. The first kappa shape index (κ1) is 15.3. The van der Waals surface area contributed by atoms with E-state index >= 15 is 0 Å². The third-order valence-electron chi connectivity index (χ3n) is 4.39. The van der Waals surface area contributed by atoms with Crippen LogP contribution < -0.4 is 10.1 Å². The fourth-order valence-corrected chi connectivity index (χ4v) is 3.41. The highest BCUT2D eigenvalue weighted by Crippen LogP contribution is 2.33. The predicted octanol–water partition coefficient (Wildman–Crippen LogP) is 3.77. The molecule has 0 aromatic heterocycles. The van der Waals surface area contributed by atoms with Gasteiger partial charge in [0, 0.05) is 18.2 Å². The summed E-state index contributed by atoms with van der Waals surface area (Å²) in [5.74, 6) is 0.900. The van der Waals surface area contributed by atoms with Crippen LogP contribution in [-0.2, 0) is 6.54 Å². The standard InChI is InChI=1S/C17H24BrNO2/c18-14-6-4-5-12(11-19-13-9-10-13)17(14)21-16-8-3-1-2-7-15(16)20/h4-6,13,15-16,19-20H,1-3,7-11H2. The number of para-hydroxylation sites is 1. The minimum Gasteiger partial charge on any atom is -0.486 e. The molecule has 3 nitrogen and oxygen atoms in total. The second-order valence-electron chi connectivity index (χ2n) is 6.24. The van der Waals surface area contributed by atoms with E-state index in [0.29, 0.717) is 6.04 Å². The van der Waals surface area contributed by atoms with Crippen molar-refractivity contribution in [3.05, 3.63) is 28.2 Å². The average Bonchev–Trinajstić information content (AvgIpc) is 3.29. The maximum atomic E-state index is 10.3. The van der Waals surface area contributed by atoms with Gasteiger partial charge in [0.2, 0.25) is 0 Å². The second-order valence-corrected chi connectivity index (χ2v) is 7.10. The molecule has 4 heteroatoms. The molecule has 0 spiro atoms. The lowest BCUT2D eigenvalue weighted by atomic mass is 10.1. The molecule has 0 amide bonds. The first-order valence-corrected chi connectivity index (χ1v) is 8.89. The van der Waals surface area contributed by atoms with Crippen LogP contribution in [0.5, 0.6) is 5.75 Å². The van der Waals surface area contributed by atoms with Crippen LogP contribution in [0, 0.1) is 0 Å². The number of nitrogens with one attached hydrogen (secondary N) is 1. The third-order valence-corrected chi connectivity index (χ3v) is 5.02. The van der Waals surface area contributed by atoms with Crippen molar-refractivity contribution in [1.29, 1.82) is 0 Å². The number of benzene rings is 1. The number of hydrogen-bond donors (Lipinski definition) is 2. The van der Waals surface area contributed by atoms with Crippen molar-refractivity contribution in [3.8, 4) is 5.75 Å². The normalized spacial score (nSPS) is 26.4. The van der Waals surface area contributed by atoms with E-state index < -0.39 is 0 Å². The summed E-state index contributed by atoms with van der Waals surface area (Å²) >= 11 is 3.60. The van der Waals surface area contributed by atoms with Crippen molar-refractivity contribution in [1.82, 2.24) is 5.32 Å². The Morgan fingerprint density at radius 1 is 1.14 bits per heavy atom. The smallest absolute Gasteiger partial charge is 0.138 e. The van der Waals surface area contributed by atoms with Gasteiger partial charge in [0.05, 0.1) is 10.6 Å². The Morgan fingerprint density at radius 2 is 1.95 bits per heavy atom. The number of halogens is 1. The zero-order chi connectivity index (χ0) is 14.7. The van der Waals surface area contributed by atoms with Crippen LogP contribution in [0.4, 0.5) is 0 Å². The minimum atomic E-state index is -0.344. The highest BCUT2D eigenvalue weighted by Gasteiger charge is 2.26. The molecular weight excluding hydrogens is 330 g/mol. The van der Waals surface area contributed by atoms with Gasteiger partial charge in [-0.1, -0.05) is 25.0 Å². The Hall–Kier alpha value is -0.580. The first-order valence-electron chi connectivity index (χ1n) is 8.09. The molecule has 0 bridgehead atoms. The molecule has 3 rings (SSSR count). The predicted molar refractivity (Wildman–Crippen MR) is 87.5 cm³/mol. The summed E-state index contributed by atoms with van der Waals surface area (Å²) in [6, 6.07) is 6.85. The lowest BCUT2D eigenvalue weighted by Crippen LogP contribution is -2.31. The third kappa shape index (κ3) is 4.21. The molecule has 1 aromatic rings. The summed E-state index contributed by atoms with van der Waals surface area (Å²) in [6.45, 7) is 0.836. The quantitative estimate of drug-likeness (QED) is 0.791. The zero-order valence-electron chi connectivity index (χ0n) is 12.4. The van der Waals surface area contributed by atoms with Crippen LogP contribution in [0.1, 0.15) is 50.5 Å². The van der Waals surface area contributed by atoms with E-state index in [1.54, 1.807) is 0 Å². The highest BCUT2D eigenvalue weighted by atomic mass is 79.9. The monoisotopic (exact) mass is 353 g/mol. The van der Waals surface area contributed by atoms with E-state index in [2.05, 4.69) is 27.3 Å². The Balaban J connectivity index is 1.72. The molecule has 2 atom stereocenters. The minimum absolute atomic E-state index is 0.0779. The van der Waals surface area contributed by atoms with Crippen LogP contribution in [0.2, 0.25) is 0 Å². The fourth-order valence-electron chi connectivity index (χ4n) is 2.91. The van der Waals surface area contributed by atoms with Crippen LogP contribution in [0.15, 0.2) is 22.7 Å². The van der Waals surface area contributed by atoms with Crippen LogP contribution in [-0.4, -0.2) is 23.4 Å². The average molecular weight is 354 g/mol. The molecule has 2 aliphatic carbocycles. The molecule has 2 N–H and O–H groups in total. The molecule has 1 aromatic carbocycles. The zero-order valence-corrected chi connectivity index (χ0v) is 13.9. The van der Waals surface area contributed by atoms with E-state index in [1.807, 2.05) is 12.1 Å². The van der Waals surface area contributed by atoms with E-state index in [4.69, 9.17) is 4.74 Å². The van der Waals surface area contributed by atoms with E-state index in [-0.39, 0.29) is 12.2 Å². The first-order chi connectivity index (χ1) is 10.2. The molecular formula is C17H24BrNO2. The van der Waals surface area contributed by atoms with Gasteiger partial charge in [0.1, 0.15) is 11.9 Å². The highest BCUT2D eigenvalue weighted by molar-refractivity contribution is 9.10. The van der Waals surface area contributed by atoms with Gasteiger partial charge in [0.15, 0.2) is 0 Å². The van der Waals surface area contributed by atoms with Gasteiger partial charge in [-0.3, -0.25) is 0 Å². The van der Waals surface area contributed by atoms with Gasteiger partial charge in [-0.2, -0.15) is 0 Å². The van der Waals surface area contributed by atoms with Crippen molar-refractivity contribution in [3.63, 3.8) is 0 Å². The molecule has 21 heavy (non-hydrogen) atoms. The van der Waals surface area contributed by atoms with Gasteiger partial charge in [-0.25, -0.2) is 0 Å². The number of rotatable bonds is 5. The van der Waals surface area contributed by atoms with Crippen LogP contribution >= 0.6 is 15.9 Å². The Labute approximate surface area is 135 Å². The van der Waals surface area contributed by atoms with E-state index in [9.17, 15) is 5.11 Å². The SMILES string of the molecule is OC1CCCCCC1Oc1c(Br)cccc1CNC1CC1. The maximum Gasteiger partial charge on any atom is 0.138 e. The number of aliphatic hydroxyl groups excluding tert-OH is 1. The van der Waals surface area contributed by atoms with Gasteiger partial charge in [0.25, 0.3) is 0 Å². The Bertz CT molecular complexity index is 476. The fraction of sp³-hybridized carbons (Fsp3) is 0.647. The van der Waals surface area contributed by atoms with Crippen molar-refractivity contribution >= 4 is 15.9 Å². The van der Waals surface area contributed by atoms with Crippen molar-refractivity contribution < 1.29 is 9.84 Å². The van der Waals surface area contributed by atoms with Gasteiger partial charge >= 0.3 is 0 Å². The number of hydrogen-bond acceptors (Lipinski definition) is 3. The summed E-state index contributed by atoms with van der Waals surface area (Å²) in [7, 11) is 0. The van der Waals surface area contributed by atoms with Crippen LogP contribution in [0.3, 0.4) is 0 Å². The number of ether oxygens (including phenoxy) is 1. The maximum absolute atomic E-state index is 10.3. The summed E-state index contributed by atoms with van der Waals surface area (Å²) < 4.78 is 7.21. The molecule has 2 unspecified atom stereocenters. The van der Waals surface area contributed by atoms with E-state index in [0.717, 1.165) is 42.5 Å². The Morgan fingerprint density at radius 3 is 2.76 bits per heavy atom. The van der Waals surface area contributed by atoms with Crippen molar-refractivity contribution in [2.45, 2.75) is 69.7 Å². The van der Waals surface area contributed by atoms with E-state index in [1.165, 1.54) is 24.8 Å². The number of aliphatic hydroxyl groups is 1. The second kappa shape index (κ2) is 7.12. The molecule has 0 heterocycles. The lowest BCUT2D eigenvalue weighted by Gasteiger charge is -2.24. The largest absolute Gasteiger partial charge is 0.486 e. The lowest BCUT2D eigenvalue weighted by molar-refractivity contribution is 0.0309.